The zero-order chi connectivity index (χ0) is 23.8. The summed E-state index contributed by atoms with van der Waals surface area (Å²) in [5, 5.41) is 4.86. The predicted octanol–water partition coefficient (Wildman–Crippen LogP) is 5.20. The third-order valence-corrected chi connectivity index (χ3v) is 5.87. The molecule has 0 aliphatic rings. The van der Waals surface area contributed by atoms with E-state index in [4.69, 9.17) is 14.8 Å². The van der Waals surface area contributed by atoms with E-state index in [-0.39, 0.29) is 18.9 Å². The van der Waals surface area contributed by atoms with Gasteiger partial charge in [0.15, 0.2) is 5.65 Å². The number of carbonyl (C=O) groups is 1. The van der Waals surface area contributed by atoms with E-state index in [0.29, 0.717) is 18.8 Å². The number of likely N-dealkylation sites (N-methyl/N-ethyl adjacent to an activating group) is 1. The number of carbonyl (C=O) groups excluding carboxylic acids is 1. The number of unbranched alkanes of at least 4 members (excludes halogenated alkanes) is 2. The van der Waals surface area contributed by atoms with Crippen molar-refractivity contribution >= 4 is 11.6 Å². The third-order valence-electron chi connectivity index (χ3n) is 5.87. The number of ether oxygens (including phenoxy) is 1. The molecule has 2 heterocycles. The lowest BCUT2D eigenvalue weighted by Crippen LogP contribution is -2.31. The molecule has 0 radical (unpaired) electrons. The number of alkyl halides is 1. The highest BCUT2D eigenvalue weighted by molar-refractivity contribution is 5.84. The summed E-state index contributed by atoms with van der Waals surface area (Å²) in [7, 11) is 0. The number of amides is 1. The largest absolute Gasteiger partial charge is 0.491 e. The van der Waals surface area contributed by atoms with Crippen LogP contribution in [0.1, 0.15) is 57.0 Å². The minimum absolute atomic E-state index is 0.0290. The molecular formula is C26H35FN4O2. The van der Waals surface area contributed by atoms with Gasteiger partial charge in [0.05, 0.1) is 12.1 Å². The van der Waals surface area contributed by atoms with Crippen molar-refractivity contribution in [3.05, 3.63) is 47.3 Å². The lowest BCUT2D eigenvalue weighted by molar-refractivity contribution is -0.130. The Balaban J connectivity index is 2.06. The molecule has 0 N–H and O–H groups in total. The normalized spacial score (nSPS) is 11.2. The highest BCUT2D eigenvalue weighted by Crippen LogP contribution is 2.29. The summed E-state index contributed by atoms with van der Waals surface area (Å²) >= 11 is 0. The Morgan fingerprint density at radius 1 is 1.12 bits per heavy atom. The summed E-state index contributed by atoms with van der Waals surface area (Å²) in [4.78, 5) is 19.8. The molecule has 0 atom stereocenters. The molecule has 0 aliphatic carbocycles. The standard InChI is InChI=1S/C26H35FN4O2/c1-5-8-9-10-21-17-19(4)31-26(28-21)23(18-24(32)30(6-2)7-3)25(29-31)20-11-13-22(14-12-20)33-16-15-27/h11-14,17H,5-10,15-16,18H2,1-4H3. The van der Waals surface area contributed by atoms with Crippen LogP contribution in [-0.2, 0) is 17.6 Å². The average Bonchev–Trinajstić information content (AvgIpc) is 3.18. The lowest BCUT2D eigenvalue weighted by Gasteiger charge is -2.18. The second-order valence-corrected chi connectivity index (χ2v) is 8.21. The van der Waals surface area contributed by atoms with Gasteiger partial charge in [-0.05, 0) is 63.9 Å². The van der Waals surface area contributed by atoms with Crippen molar-refractivity contribution < 1.29 is 13.9 Å². The van der Waals surface area contributed by atoms with Crippen LogP contribution in [0.5, 0.6) is 5.75 Å². The first-order valence-electron chi connectivity index (χ1n) is 12.0. The lowest BCUT2D eigenvalue weighted by atomic mass is 10.0. The molecule has 0 saturated heterocycles. The van der Waals surface area contributed by atoms with Gasteiger partial charge in [-0.3, -0.25) is 4.79 Å². The molecule has 0 bridgehead atoms. The van der Waals surface area contributed by atoms with E-state index < -0.39 is 6.67 Å². The Morgan fingerprint density at radius 3 is 2.48 bits per heavy atom. The summed E-state index contributed by atoms with van der Waals surface area (Å²) in [5.41, 5.74) is 5.24. The quantitative estimate of drug-likeness (QED) is 0.353. The van der Waals surface area contributed by atoms with Crippen LogP contribution in [0, 0.1) is 6.92 Å². The minimum atomic E-state index is -0.530. The molecule has 6 nitrogen and oxygen atoms in total. The number of aromatic nitrogens is 3. The molecule has 0 saturated carbocycles. The summed E-state index contributed by atoms with van der Waals surface area (Å²) in [6, 6.07) is 9.50. The van der Waals surface area contributed by atoms with E-state index in [1.54, 1.807) is 0 Å². The Bertz CT molecular complexity index is 1060. The molecule has 33 heavy (non-hydrogen) atoms. The van der Waals surface area contributed by atoms with Crippen molar-refractivity contribution in [1.29, 1.82) is 0 Å². The number of aryl methyl sites for hydroxylation is 2. The smallest absolute Gasteiger partial charge is 0.227 e. The van der Waals surface area contributed by atoms with Crippen molar-refractivity contribution in [2.24, 2.45) is 0 Å². The zero-order valence-corrected chi connectivity index (χ0v) is 20.2. The molecule has 0 aliphatic heterocycles. The van der Waals surface area contributed by atoms with Crippen molar-refractivity contribution in [1.82, 2.24) is 19.5 Å². The van der Waals surface area contributed by atoms with Crippen molar-refractivity contribution in [2.75, 3.05) is 26.4 Å². The molecule has 1 amide bonds. The van der Waals surface area contributed by atoms with E-state index >= 15 is 0 Å². The first-order chi connectivity index (χ1) is 16.0. The maximum Gasteiger partial charge on any atom is 0.227 e. The van der Waals surface area contributed by atoms with Crippen LogP contribution in [0.25, 0.3) is 16.9 Å². The number of hydrogen-bond acceptors (Lipinski definition) is 4. The molecular weight excluding hydrogens is 419 g/mol. The fourth-order valence-corrected chi connectivity index (χ4v) is 4.06. The topological polar surface area (TPSA) is 59.7 Å². The monoisotopic (exact) mass is 454 g/mol. The maximum absolute atomic E-state index is 13.1. The zero-order valence-electron chi connectivity index (χ0n) is 20.2. The second kappa shape index (κ2) is 11.8. The molecule has 2 aromatic heterocycles. The van der Waals surface area contributed by atoms with Crippen LogP contribution in [0.3, 0.4) is 0 Å². The highest BCUT2D eigenvalue weighted by Gasteiger charge is 2.22. The van der Waals surface area contributed by atoms with Gasteiger partial charge in [-0.25, -0.2) is 13.9 Å². The fourth-order valence-electron chi connectivity index (χ4n) is 4.06. The summed E-state index contributed by atoms with van der Waals surface area (Å²) in [5.74, 6) is 0.670. The highest BCUT2D eigenvalue weighted by atomic mass is 19.1. The Labute approximate surface area is 195 Å². The van der Waals surface area contributed by atoms with Crippen LogP contribution in [-0.4, -0.2) is 51.8 Å². The van der Waals surface area contributed by atoms with Gasteiger partial charge in [-0.1, -0.05) is 19.8 Å². The number of benzene rings is 1. The van der Waals surface area contributed by atoms with Gasteiger partial charge in [0, 0.05) is 35.6 Å². The Morgan fingerprint density at radius 2 is 1.85 bits per heavy atom. The molecule has 0 unspecified atom stereocenters. The van der Waals surface area contributed by atoms with Crippen LogP contribution in [0.2, 0.25) is 0 Å². The summed E-state index contributed by atoms with van der Waals surface area (Å²) < 4.78 is 19.6. The van der Waals surface area contributed by atoms with Gasteiger partial charge >= 0.3 is 0 Å². The van der Waals surface area contributed by atoms with Gasteiger partial charge < -0.3 is 9.64 Å². The molecule has 1 aromatic carbocycles. The van der Waals surface area contributed by atoms with Gasteiger partial charge in [-0.15, -0.1) is 0 Å². The Kier molecular flexibility index (Phi) is 8.80. The number of hydrogen-bond donors (Lipinski definition) is 0. The van der Waals surface area contributed by atoms with Gasteiger partial charge in [0.2, 0.25) is 5.91 Å². The molecule has 178 valence electrons. The van der Waals surface area contributed by atoms with Crippen molar-refractivity contribution in [3.63, 3.8) is 0 Å². The Hall–Kier alpha value is -2.96. The predicted molar refractivity (Wildman–Crippen MR) is 129 cm³/mol. The number of halogens is 1. The first kappa shape index (κ1) is 24.7. The van der Waals surface area contributed by atoms with E-state index in [9.17, 15) is 9.18 Å². The molecule has 3 rings (SSSR count). The number of fused-ring (bicyclic) bond motifs is 1. The number of nitrogens with zero attached hydrogens (tertiary/aromatic N) is 4. The molecule has 3 aromatic rings. The van der Waals surface area contributed by atoms with Crippen LogP contribution in [0.4, 0.5) is 4.39 Å². The van der Waals surface area contributed by atoms with Gasteiger partial charge in [0.25, 0.3) is 0 Å². The van der Waals surface area contributed by atoms with E-state index in [1.807, 2.05) is 54.5 Å². The minimum Gasteiger partial charge on any atom is -0.491 e. The summed E-state index contributed by atoms with van der Waals surface area (Å²) in [6.45, 7) is 9.03. The van der Waals surface area contributed by atoms with Crippen LogP contribution in [0.15, 0.2) is 30.3 Å². The molecule has 0 fully saturated rings. The maximum atomic E-state index is 13.1. The van der Waals surface area contributed by atoms with E-state index in [2.05, 4.69) is 13.0 Å². The van der Waals surface area contributed by atoms with Crippen LogP contribution < -0.4 is 4.74 Å². The molecule has 7 heteroatoms. The van der Waals surface area contributed by atoms with Crippen molar-refractivity contribution in [2.45, 2.75) is 59.8 Å². The molecule has 0 spiro atoms. The van der Waals surface area contributed by atoms with E-state index in [1.165, 1.54) is 6.42 Å². The van der Waals surface area contributed by atoms with Crippen molar-refractivity contribution in [3.8, 4) is 17.0 Å². The van der Waals surface area contributed by atoms with Crippen LogP contribution >= 0.6 is 0 Å². The SMILES string of the molecule is CCCCCc1cc(C)n2nc(-c3ccc(OCCF)cc3)c(CC(=O)N(CC)CC)c2n1. The van der Waals surface area contributed by atoms with E-state index in [0.717, 1.165) is 53.1 Å². The second-order valence-electron chi connectivity index (χ2n) is 8.21. The summed E-state index contributed by atoms with van der Waals surface area (Å²) in [6.07, 6.45) is 4.57. The first-order valence-corrected chi connectivity index (χ1v) is 12.0. The average molecular weight is 455 g/mol. The van der Waals surface area contributed by atoms with Gasteiger partial charge in [-0.2, -0.15) is 5.10 Å². The third kappa shape index (κ3) is 5.89. The number of rotatable bonds is 12. The fraction of sp³-hybridized carbons (Fsp3) is 0.500. The van der Waals surface area contributed by atoms with Gasteiger partial charge in [0.1, 0.15) is 19.0 Å².